The van der Waals surface area contributed by atoms with E-state index in [4.69, 9.17) is 5.11 Å². The molecule has 0 aromatic carbocycles. The van der Waals surface area contributed by atoms with Crippen molar-refractivity contribution in [2.75, 3.05) is 0 Å². The van der Waals surface area contributed by atoms with Gasteiger partial charge in [-0.05, 0) is 18.6 Å². The molecule has 1 rings (SSSR count). The third-order valence-corrected chi connectivity index (χ3v) is 2.26. The van der Waals surface area contributed by atoms with E-state index in [0.717, 1.165) is 25.3 Å². The minimum atomic E-state index is -1.36. The predicted molar refractivity (Wildman–Crippen MR) is 67.8 cm³/mol. The molecule has 0 aliphatic carbocycles. The summed E-state index contributed by atoms with van der Waals surface area (Å²) in [5.74, 6) is -2.58. The molecule has 0 bridgehead atoms. The third-order valence-electron chi connectivity index (χ3n) is 2.26. The Morgan fingerprint density at radius 3 is 2.52 bits per heavy atom. The molecule has 7 nitrogen and oxygen atoms in total. The second kappa shape index (κ2) is 13.4. The maximum absolute atomic E-state index is 9.93. The molecule has 2 N–H and O–H groups in total. The number of H-pyrrole nitrogens is 1. The third kappa shape index (κ3) is 13.1. The van der Waals surface area contributed by atoms with Gasteiger partial charge in [-0.3, -0.25) is 0 Å². The number of aromatic nitrogens is 2. The molecule has 0 aliphatic rings. The first-order valence-corrected chi connectivity index (χ1v) is 6.24. The number of aliphatic hydroxyl groups excluding tert-OH is 1. The zero-order valence-corrected chi connectivity index (χ0v) is 12.8. The molecule has 0 fully saturated rings. The van der Waals surface area contributed by atoms with Crippen molar-refractivity contribution in [2.45, 2.75) is 38.7 Å². The number of nitrogens with zero attached hydrogens (tertiary/aromatic N) is 1. The van der Waals surface area contributed by atoms with Crippen LogP contribution in [0.25, 0.3) is 6.08 Å². The van der Waals surface area contributed by atoms with Crippen molar-refractivity contribution in [2.24, 2.45) is 0 Å². The smallest absolute Gasteiger partial charge is 0.547 e. The zero-order valence-electron chi connectivity index (χ0n) is 11.6. The number of imidazole rings is 1. The van der Waals surface area contributed by atoms with E-state index < -0.39 is 18.0 Å². The number of carbonyl (C=O) groups excluding carboxylic acids is 2. The number of aliphatic hydroxyl groups is 1. The number of carboxylic acids is 2. The van der Waals surface area contributed by atoms with Gasteiger partial charge in [0.25, 0.3) is 0 Å². The Balaban J connectivity index is 0. The summed E-state index contributed by atoms with van der Waals surface area (Å²) < 4.78 is 0. The van der Waals surface area contributed by atoms with E-state index in [1.807, 2.05) is 6.92 Å². The van der Waals surface area contributed by atoms with Crippen molar-refractivity contribution in [3.8, 4) is 0 Å². The Morgan fingerprint density at radius 1 is 1.43 bits per heavy atom. The van der Waals surface area contributed by atoms with Gasteiger partial charge in [0.1, 0.15) is 0 Å². The molecule has 0 saturated carbocycles. The van der Waals surface area contributed by atoms with Crippen LogP contribution in [0.1, 0.15) is 38.3 Å². The van der Waals surface area contributed by atoms with Crippen LogP contribution in [-0.2, 0) is 26.7 Å². The summed E-state index contributed by atoms with van der Waals surface area (Å²) in [5.41, 5.74) is 0.573. The monoisotopic (exact) mass is 337 g/mol. The molecule has 1 aromatic heterocycles. The van der Waals surface area contributed by atoms with Gasteiger partial charge in [0.15, 0.2) is 0 Å². The Labute approximate surface area is 133 Å². The van der Waals surface area contributed by atoms with Crippen LogP contribution >= 0.6 is 0 Å². The van der Waals surface area contributed by atoms with Crippen molar-refractivity contribution < 1.29 is 42.0 Å². The Bertz CT molecular complexity index is 420. The van der Waals surface area contributed by atoms with Gasteiger partial charge in [0.2, 0.25) is 0 Å². The van der Waals surface area contributed by atoms with Crippen LogP contribution in [0.5, 0.6) is 0 Å². The van der Waals surface area contributed by atoms with Gasteiger partial charge in [0, 0.05) is 6.20 Å². The topological polar surface area (TPSA) is 129 Å². The fraction of sp³-hybridized carbons (Fsp3) is 0.462. The first-order valence-electron chi connectivity index (χ1n) is 6.24. The van der Waals surface area contributed by atoms with Gasteiger partial charge in [-0.2, -0.15) is 0 Å². The maximum atomic E-state index is 9.93. The molecule has 0 spiro atoms. The summed E-state index contributed by atoms with van der Waals surface area (Å²) >= 11 is 0. The summed E-state index contributed by atoms with van der Waals surface area (Å²) in [6.45, 7) is 2.02. The zero-order chi connectivity index (χ0) is 15.4. The first kappa shape index (κ1) is 21.7. The van der Waals surface area contributed by atoms with Gasteiger partial charge >= 0.3 is 17.1 Å². The number of aromatic amines is 1. The SMILES string of the molecule is CCCCCC(O)C(=O)[O-].O=C([O-])C=Cc1c[nH]cn1.[Mn+2]. The molecule has 1 unspecified atom stereocenters. The standard InChI is InChI=1S/C7H14O3.C6H6N2O2.Mn/c1-2-3-4-5-6(8)7(9)10;9-6(10)2-1-5-3-7-4-8-5;/h6,8H,2-5H2,1H3,(H,9,10);1-4H,(H,7,8)(H,9,10);/q;;+2/p-2. The maximum Gasteiger partial charge on any atom is 2.00 e. The minimum Gasteiger partial charge on any atom is -0.547 e. The van der Waals surface area contributed by atoms with E-state index in [0.29, 0.717) is 12.1 Å². The van der Waals surface area contributed by atoms with E-state index in [9.17, 15) is 19.8 Å². The summed E-state index contributed by atoms with van der Waals surface area (Å²) in [6.07, 6.45) is 7.12. The summed E-state index contributed by atoms with van der Waals surface area (Å²) in [6, 6.07) is 0. The fourth-order valence-electron chi connectivity index (χ4n) is 1.22. The number of rotatable bonds is 7. The van der Waals surface area contributed by atoms with Crippen LogP contribution < -0.4 is 10.2 Å². The molecule has 21 heavy (non-hydrogen) atoms. The number of hydrogen-bond donors (Lipinski definition) is 2. The normalized spacial score (nSPS) is 11.1. The van der Waals surface area contributed by atoms with Gasteiger partial charge in [-0.25, -0.2) is 4.98 Å². The van der Waals surface area contributed by atoms with E-state index in [-0.39, 0.29) is 17.1 Å². The van der Waals surface area contributed by atoms with Crippen LogP contribution in [0, 0.1) is 0 Å². The van der Waals surface area contributed by atoms with E-state index >= 15 is 0 Å². The molecule has 0 aliphatic heterocycles. The number of carboxylic acid groups (broad SMARTS) is 2. The summed E-state index contributed by atoms with van der Waals surface area (Å²) in [4.78, 5) is 26.2. The molecule has 8 heteroatoms. The second-order valence-corrected chi connectivity index (χ2v) is 3.98. The van der Waals surface area contributed by atoms with Gasteiger partial charge in [-0.15, -0.1) is 0 Å². The molecular formula is C13H18MnN2O5. The van der Waals surface area contributed by atoms with Crippen LogP contribution in [0.4, 0.5) is 0 Å². The van der Waals surface area contributed by atoms with E-state index in [1.54, 1.807) is 6.20 Å². The molecule has 1 aromatic rings. The first-order chi connectivity index (χ1) is 9.47. The predicted octanol–water partition coefficient (Wildman–Crippen LogP) is -1.15. The Kier molecular flexibility index (Phi) is 13.8. The average molecular weight is 337 g/mol. The van der Waals surface area contributed by atoms with Gasteiger partial charge in [-0.1, -0.05) is 26.2 Å². The van der Waals surface area contributed by atoms with Crippen LogP contribution in [0.15, 0.2) is 18.6 Å². The number of unbranched alkanes of at least 4 members (excludes halogenated alkanes) is 2. The largest absolute Gasteiger partial charge is 2.00 e. The molecule has 1 radical (unpaired) electrons. The molecule has 117 valence electrons. The Morgan fingerprint density at radius 2 is 2.10 bits per heavy atom. The number of nitrogens with one attached hydrogen (secondary N) is 1. The van der Waals surface area contributed by atoms with Crippen molar-refractivity contribution in [1.29, 1.82) is 0 Å². The minimum absolute atomic E-state index is 0. The number of hydrogen-bond acceptors (Lipinski definition) is 6. The van der Waals surface area contributed by atoms with Crippen molar-refractivity contribution in [3.63, 3.8) is 0 Å². The van der Waals surface area contributed by atoms with Crippen LogP contribution in [0.3, 0.4) is 0 Å². The van der Waals surface area contributed by atoms with Gasteiger partial charge < -0.3 is 29.9 Å². The van der Waals surface area contributed by atoms with E-state index in [2.05, 4.69) is 9.97 Å². The summed E-state index contributed by atoms with van der Waals surface area (Å²) in [5, 5.41) is 28.5. The summed E-state index contributed by atoms with van der Waals surface area (Å²) in [7, 11) is 0. The molecule has 1 heterocycles. The van der Waals surface area contributed by atoms with Crippen molar-refractivity contribution in [1.82, 2.24) is 9.97 Å². The second-order valence-electron chi connectivity index (χ2n) is 3.98. The van der Waals surface area contributed by atoms with E-state index in [1.165, 1.54) is 12.4 Å². The molecule has 1 atom stereocenters. The van der Waals surface area contributed by atoms with Crippen LogP contribution in [-0.4, -0.2) is 33.1 Å². The fourth-order valence-corrected chi connectivity index (χ4v) is 1.22. The quantitative estimate of drug-likeness (QED) is 0.367. The molecule has 0 amide bonds. The van der Waals surface area contributed by atoms with Crippen molar-refractivity contribution in [3.05, 3.63) is 24.3 Å². The molecule has 0 saturated heterocycles. The number of carbonyl (C=O) groups is 2. The number of aliphatic carboxylic acids is 2. The van der Waals surface area contributed by atoms with Gasteiger partial charge in [0.05, 0.1) is 30.1 Å². The molecular weight excluding hydrogens is 319 g/mol. The average Bonchev–Trinajstić information content (AvgIpc) is 2.90. The van der Waals surface area contributed by atoms with Crippen molar-refractivity contribution >= 4 is 18.0 Å². The van der Waals surface area contributed by atoms with Crippen LogP contribution in [0.2, 0.25) is 0 Å². The Hall–Kier alpha value is -1.63.